The van der Waals surface area contributed by atoms with Gasteiger partial charge in [0.25, 0.3) is 0 Å². The van der Waals surface area contributed by atoms with E-state index in [1.54, 1.807) is 6.07 Å². The van der Waals surface area contributed by atoms with Gasteiger partial charge in [-0.2, -0.15) is 0 Å². The minimum absolute atomic E-state index is 0.0371. The maximum absolute atomic E-state index is 13.0. The lowest BCUT2D eigenvalue weighted by Gasteiger charge is -2.42. The monoisotopic (exact) mass is 464 g/mol. The summed E-state index contributed by atoms with van der Waals surface area (Å²) < 4.78 is 0. The maximum Gasteiger partial charge on any atom is 0.225 e. The quantitative estimate of drug-likeness (QED) is 0.524. The normalized spacial score (nSPS) is 22.7. The molecule has 0 spiro atoms. The predicted molar refractivity (Wildman–Crippen MR) is 126 cm³/mol. The summed E-state index contributed by atoms with van der Waals surface area (Å²) in [4.78, 5) is 15.3. The molecule has 1 saturated carbocycles. The van der Waals surface area contributed by atoms with Gasteiger partial charge in [-0.25, -0.2) is 0 Å². The van der Waals surface area contributed by atoms with E-state index in [0.29, 0.717) is 27.7 Å². The van der Waals surface area contributed by atoms with Gasteiger partial charge >= 0.3 is 0 Å². The Balaban J connectivity index is 1.56. The molecule has 2 aromatic carbocycles. The molecular formula is C24H27Cl3N2O. The Labute approximate surface area is 193 Å². The van der Waals surface area contributed by atoms with Crippen LogP contribution < -0.4 is 10.2 Å². The molecule has 1 amide bonds. The summed E-state index contributed by atoms with van der Waals surface area (Å²) >= 11 is 18.8. The number of hydrogen-bond donors (Lipinski definition) is 1. The van der Waals surface area contributed by atoms with E-state index >= 15 is 0 Å². The fraction of sp³-hybridized carbons (Fsp3) is 0.458. The van der Waals surface area contributed by atoms with E-state index < -0.39 is 0 Å². The molecule has 6 heteroatoms. The SMILES string of the molecule is O=C(NC1CCCCC1)[C@@H]1CC[C@@H](c2ccc(Cl)cc2Cl)N(c2ccc(Cl)cc2)C1. The van der Waals surface area contributed by atoms with Crippen LogP contribution in [0.5, 0.6) is 0 Å². The summed E-state index contributed by atoms with van der Waals surface area (Å²) in [6.07, 6.45) is 7.60. The van der Waals surface area contributed by atoms with Gasteiger partial charge in [0, 0.05) is 33.3 Å². The van der Waals surface area contributed by atoms with E-state index in [1.807, 2.05) is 36.4 Å². The van der Waals surface area contributed by atoms with Crippen molar-refractivity contribution in [3.63, 3.8) is 0 Å². The van der Waals surface area contributed by atoms with Crippen molar-refractivity contribution in [3.05, 3.63) is 63.1 Å². The van der Waals surface area contributed by atoms with Gasteiger partial charge in [-0.1, -0.05) is 60.1 Å². The van der Waals surface area contributed by atoms with Crippen LogP contribution in [-0.2, 0) is 4.79 Å². The molecule has 1 N–H and O–H groups in total. The van der Waals surface area contributed by atoms with Crippen molar-refractivity contribution in [2.75, 3.05) is 11.4 Å². The van der Waals surface area contributed by atoms with E-state index in [-0.39, 0.29) is 17.9 Å². The van der Waals surface area contributed by atoms with Gasteiger partial charge in [0.05, 0.1) is 12.0 Å². The van der Waals surface area contributed by atoms with Gasteiger partial charge < -0.3 is 10.2 Å². The molecule has 2 fully saturated rings. The number of carbonyl (C=O) groups excluding carboxylic acids is 1. The lowest BCUT2D eigenvalue weighted by Crippen LogP contribution is -2.47. The number of halogens is 3. The number of benzene rings is 2. The molecule has 0 unspecified atom stereocenters. The first kappa shape index (κ1) is 21.8. The third-order valence-corrected chi connectivity index (χ3v) is 7.20. The zero-order valence-electron chi connectivity index (χ0n) is 16.9. The highest BCUT2D eigenvalue weighted by Crippen LogP contribution is 2.40. The third-order valence-electron chi connectivity index (χ3n) is 6.38. The lowest BCUT2D eigenvalue weighted by atomic mass is 9.87. The minimum atomic E-state index is -0.0371. The highest BCUT2D eigenvalue weighted by Gasteiger charge is 2.34. The molecule has 1 heterocycles. The Morgan fingerprint density at radius 1 is 0.867 bits per heavy atom. The zero-order valence-corrected chi connectivity index (χ0v) is 19.2. The number of nitrogens with one attached hydrogen (secondary N) is 1. The molecule has 1 aliphatic carbocycles. The van der Waals surface area contributed by atoms with Crippen LogP contribution in [0.25, 0.3) is 0 Å². The van der Waals surface area contributed by atoms with Crippen molar-refractivity contribution in [3.8, 4) is 0 Å². The molecule has 3 nitrogen and oxygen atoms in total. The standard InChI is InChI=1S/C24H27Cl3N2O/c25-17-7-10-20(11-8-17)29-15-16(24(30)28-19-4-2-1-3-5-19)6-13-23(29)21-12-9-18(26)14-22(21)27/h7-12,14,16,19,23H,1-6,13,15H2,(H,28,30)/t16-,23+/m1/s1. The van der Waals surface area contributed by atoms with Gasteiger partial charge in [-0.05, 0) is 67.6 Å². The van der Waals surface area contributed by atoms with Gasteiger partial charge in [-0.3, -0.25) is 4.79 Å². The molecule has 2 aliphatic rings. The van der Waals surface area contributed by atoms with Crippen LogP contribution in [0.3, 0.4) is 0 Å². The molecule has 30 heavy (non-hydrogen) atoms. The van der Waals surface area contributed by atoms with Gasteiger partial charge in [0.2, 0.25) is 5.91 Å². The largest absolute Gasteiger partial charge is 0.364 e. The number of hydrogen-bond acceptors (Lipinski definition) is 2. The number of anilines is 1. The molecule has 1 saturated heterocycles. The van der Waals surface area contributed by atoms with Crippen LogP contribution in [0.2, 0.25) is 15.1 Å². The summed E-state index contributed by atoms with van der Waals surface area (Å²) in [6, 6.07) is 13.9. The van der Waals surface area contributed by atoms with Crippen LogP contribution in [0.1, 0.15) is 56.6 Å². The second kappa shape index (κ2) is 9.80. The predicted octanol–water partition coefficient (Wildman–Crippen LogP) is 7.05. The Morgan fingerprint density at radius 2 is 1.57 bits per heavy atom. The van der Waals surface area contributed by atoms with E-state index in [2.05, 4.69) is 10.2 Å². The van der Waals surface area contributed by atoms with Crippen LogP contribution in [-0.4, -0.2) is 18.5 Å². The first-order valence-corrected chi connectivity index (χ1v) is 11.9. The van der Waals surface area contributed by atoms with Gasteiger partial charge in [0.1, 0.15) is 0 Å². The third kappa shape index (κ3) is 5.07. The highest BCUT2D eigenvalue weighted by atomic mass is 35.5. The van der Waals surface area contributed by atoms with E-state index in [0.717, 1.165) is 36.9 Å². The minimum Gasteiger partial charge on any atom is -0.364 e. The second-order valence-corrected chi connectivity index (χ2v) is 9.71. The zero-order chi connectivity index (χ0) is 21.1. The Morgan fingerprint density at radius 3 is 2.27 bits per heavy atom. The van der Waals surface area contributed by atoms with Crippen LogP contribution in [0, 0.1) is 5.92 Å². The summed E-state index contributed by atoms with van der Waals surface area (Å²) in [5, 5.41) is 5.30. The smallest absolute Gasteiger partial charge is 0.225 e. The molecule has 160 valence electrons. The van der Waals surface area contributed by atoms with Crippen molar-refractivity contribution in [1.29, 1.82) is 0 Å². The van der Waals surface area contributed by atoms with E-state index in [9.17, 15) is 4.79 Å². The molecular weight excluding hydrogens is 439 g/mol. The summed E-state index contributed by atoms with van der Waals surface area (Å²) in [5.41, 5.74) is 2.09. The summed E-state index contributed by atoms with van der Waals surface area (Å²) in [5.74, 6) is 0.145. The molecule has 2 aromatic rings. The summed E-state index contributed by atoms with van der Waals surface area (Å²) in [6.45, 7) is 0.657. The van der Waals surface area contributed by atoms with E-state index in [4.69, 9.17) is 34.8 Å². The first-order valence-electron chi connectivity index (χ1n) is 10.8. The molecule has 0 aromatic heterocycles. The second-order valence-electron chi connectivity index (χ2n) is 8.43. The van der Waals surface area contributed by atoms with Crippen molar-refractivity contribution >= 4 is 46.4 Å². The van der Waals surface area contributed by atoms with Crippen LogP contribution >= 0.6 is 34.8 Å². The number of carbonyl (C=O) groups is 1. The molecule has 4 rings (SSSR count). The van der Waals surface area contributed by atoms with Crippen molar-refractivity contribution in [1.82, 2.24) is 5.32 Å². The molecule has 0 radical (unpaired) electrons. The fourth-order valence-corrected chi connectivity index (χ4v) is 5.42. The van der Waals surface area contributed by atoms with Crippen molar-refractivity contribution < 1.29 is 4.79 Å². The average Bonchev–Trinajstić information content (AvgIpc) is 2.75. The molecule has 2 atom stereocenters. The van der Waals surface area contributed by atoms with Gasteiger partial charge in [0.15, 0.2) is 0 Å². The number of rotatable bonds is 4. The highest BCUT2D eigenvalue weighted by molar-refractivity contribution is 6.35. The Hall–Kier alpha value is -1.42. The molecule has 0 bridgehead atoms. The Bertz CT molecular complexity index is 881. The lowest BCUT2D eigenvalue weighted by molar-refractivity contribution is -0.126. The Kier molecular flexibility index (Phi) is 7.12. The van der Waals surface area contributed by atoms with Crippen molar-refractivity contribution in [2.24, 2.45) is 5.92 Å². The molecule has 1 aliphatic heterocycles. The van der Waals surface area contributed by atoms with Crippen molar-refractivity contribution in [2.45, 2.75) is 57.0 Å². The maximum atomic E-state index is 13.0. The number of piperidine rings is 1. The first-order chi connectivity index (χ1) is 14.5. The number of nitrogens with zero attached hydrogens (tertiary/aromatic N) is 1. The summed E-state index contributed by atoms with van der Waals surface area (Å²) in [7, 11) is 0. The fourth-order valence-electron chi connectivity index (χ4n) is 4.76. The number of amides is 1. The van der Waals surface area contributed by atoms with Crippen LogP contribution in [0.15, 0.2) is 42.5 Å². The average molecular weight is 466 g/mol. The van der Waals surface area contributed by atoms with Gasteiger partial charge in [-0.15, -0.1) is 0 Å². The van der Waals surface area contributed by atoms with E-state index in [1.165, 1.54) is 19.3 Å². The topological polar surface area (TPSA) is 32.3 Å². The van der Waals surface area contributed by atoms with Crippen LogP contribution in [0.4, 0.5) is 5.69 Å².